The minimum absolute atomic E-state index is 0.00706. The van der Waals surface area contributed by atoms with Gasteiger partial charge in [0.15, 0.2) is 0 Å². The highest BCUT2D eigenvalue weighted by molar-refractivity contribution is 7.18. The number of rotatable bonds is 11. The molecule has 0 aliphatic heterocycles. The van der Waals surface area contributed by atoms with Gasteiger partial charge in [0.1, 0.15) is 0 Å². The molecule has 0 aliphatic rings. The van der Waals surface area contributed by atoms with E-state index in [4.69, 9.17) is 0 Å². The van der Waals surface area contributed by atoms with Crippen molar-refractivity contribution in [3.8, 4) is 0 Å². The highest BCUT2D eigenvalue weighted by Crippen LogP contribution is 2.36. The fourth-order valence-corrected chi connectivity index (χ4v) is 5.18. The Morgan fingerprint density at radius 3 is 2.39 bits per heavy atom. The van der Waals surface area contributed by atoms with E-state index in [1.54, 1.807) is 11.3 Å². The molecule has 5 nitrogen and oxygen atoms in total. The number of aromatic nitrogens is 1. The third-order valence-electron chi connectivity index (χ3n) is 5.69. The molecule has 2 aromatic carbocycles. The minimum atomic E-state index is -0.757. The number of carbonyl (C=O) groups is 1. The summed E-state index contributed by atoms with van der Waals surface area (Å²) in [6.45, 7) is 15.0. The van der Waals surface area contributed by atoms with Gasteiger partial charge in [0, 0.05) is 18.8 Å². The van der Waals surface area contributed by atoms with Gasteiger partial charge in [-0.05, 0) is 67.0 Å². The molecule has 0 spiro atoms. The Balaban J connectivity index is 2.05. The van der Waals surface area contributed by atoms with E-state index in [-0.39, 0.29) is 12.3 Å². The van der Waals surface area contributed by atoms with Gasteiger partial charge in [-0.3, -0.25) is 4.79 Å². The van der Waals surface area contributed by atoms with Gasteiger partial charge < -0.3 is 15.3 Å². The number of hydrogen-bond donors (Lipinski definition) is 2. The maximum absolute atomic E-state index is 11.4. The van der Waals surface area contributed by atoms with E-state index in [2.05, 4.69) is 86.2 Å². The number of fused-ring (bicyclic) bond motifs is 1. The molecule has 0 aliphatic carbocycles. The van der Waals surface area contributed by atoms with Gasteiger partial charge in [0.05, 0.1) is 33.0 Å². The summed E-state index contributed by atoms with van der Waals surface area (Å²) < 4.78 is 1.16. The molecule has 2 N–H and O–H groups in total. The number of carboxylic acid groups (broad SMARTS) is 1. The van der Waals surface area contributed by atoms with Crippen LogP contribution in [0.25, 0.3) is 10.2 Å². The van der Waals surface area contributed by atoms with Gasteiger partial charge in [0.25, 0.3) is 0 Å². The van der Waals surface area contributed by atoms with Crippen LogP contribution in [-0.4, -0.2) is 29.1 Å². The van der Waals surface area contributed by atoms with Crippen molar-refractivity contribution in [1.29, 1.82) is 0 Å². The number of aliphatic carboxylic acids is 1. The third kappa shape index (κ3) is 6.70. The molecule has 1 heterocycles. The number of nitrogens with zero attached hydrogens (tertiary/aromatic N) is 2. The summed E-state index contributed by atoms with van der Waals surface area (Å²) in [4.78, 5) is 18.5. The lowest BCUT2D eigenvalue weighted by Crippen LogP contribution is -2.31. The molecule has 0 bridgehead atoms. The zero-order valence-electron chi connectivity index (χ0n) is 20.7. The standard InChI is InChI=1S/C27H37N3O2S/c1-7-20(13-27(31)32)21-8-11-25(30(15-17(2)3)16-18(4)5)24(12-21)29-22-9-10-23-26(14-22)33-19(6)28-23/h8-12,14,17-18,20,29H,7,13,15-16H2,1-6H3,(H,31,32)/t20-/m0/s1. The van der Waals surface area contributed by atoms with Crippen LogP contribution >= 0.6 is 11.3 Å². The number of nitrogens with one attached hydrogen (secondary N) is 1. The summed E-state index contributed by atoms with van der Waals surface area (Å²) in [6, 6.07) is 12.7. The molecule has 178 valence electrons. The molecule has 3 rings (SSSR count). The lowest BCUT2D eigenvalue weighted by molar-refractivity contribution is -0.137. The van der Waals surface area contributed by atoms with Gasteiger partial charge >= 0.3 is 5.97 Å². The summed E-state index contributed by atoms with van der Waals surface area (Å²) in [5.41, 5.74) is 5.29. The zero-order valence-corrected chi connectivity index (χ0v) is 21.5. The van der Waals surface area contributed by atoms with E-state index in [1.807, 2.05) is 6.92 Å². The highest BCUT2D eigenvalue weighted by atomic mass is 32.1. The average Bonchev–Trinajstić information content (AvgIpc) is 3.10. The average molecular weight is 468 g/mol. The molecule has 0 saturated heterocycles. The van der Waals surface area contributed by atoms with E-state index in [0.717, 1.165) is 57.4 Å². The second-order valence-electron chi connectivity index (χ2n) is 9.71. The first kappa shape index (κ1) is 25.0. The normalized spacial score (nSPS) is 12.5. The molecule has 0 unspecified atom stereocenters. The van der Waals surface area contributed by atoms with Gasteiger partial charge in [0.2, 0.25) is 0 Å². The van der Waals surface area contributed by atoms with Crippen LogP contribution in [0.2, 0.25) is 0 Å². The van der Waals surface area contributed by atoms with Crippen LogP contribution in [0.15, 0.2) is 36.4 Å². The first-order valence-corrected chi connectivity index (χ1v) is 12.7. The minimum Gasteiger partial charge on any atom is -0.481 e. The molecule has 1 atom stereocenters. The number of anilines is 3. The Bertz CT molecular complexity index is 1080. The molecule has 1 aromatic heterocycles. The molecule has 0 saturated carbocycles. The van der Waals surface area contributed by atoms with Gasteiger partial charge in [-0.2, -0.15) is 0 Å². The Labute approximate surface area is 201 Å². The lowest BCUT2D eigenvalue weighted by Gasteiger charge is -2.31. The van der Waals surface area contributed by atoms with Crippen LogP contribution in [0.3, 0.4) is 0 Å². The smallest absolute Gasteiger partial charge is 0.303 e. The summed E-state index contributed by atoms with van der Waals surface area (Å²) >= 11 is 1.70. The van der Waals surface area contributed by atoms with E-state index < -0.39 is 5.97 Å². The van der Waals surface area contributed by atoms with Crippen LogP contribution in [0.1, 0.15) is 63.9 Å². The number of carboxylic acids is 1. The fraction of sp³-hybridized carbons (Fsp3) is 0.481. The van der Waals surface area contributed by atoms with Crippen LogP contribution in [-0.2, 0) is 4.79 Å². The van der Waals surface area contributed by atoms with Crippen LogP contribution in [0, 0.1) is 18.8 Å². The topological polar surface area (TPSA) is 65.5 Å². The summed E-state index contributed by atoms with van der Waals surface area (Å²) in [5.74, 6) is 0.298. The van der Waals surface area contributed by atoms with Gasteiger partial charge in [-0.15, -0.1) is 11.3 Å². The Kier molecular flexibility index (Phi) is 8.35. The summed E-state index contributed by atoms with van der Waals surface area (Å²) in [6.07, 6.45) is 0.933. The fourth-order valence-electron chi connectivity index (χ4n) is 4.32. The maximum Gasteiger partial charge on any atom is 0.303 e. The van der Waals surface area contributed by atoms with Crippen molar-refractivity contribution in [3.63, 3.8) is 0 Å². The van der Waals surface area contributed by atoms with E-state index in [0.29, 0.717) is 11.8 Å². The van der Waals surface area contributed by atoms with Crippen molar-refractivity contribution < 1.29 is 9.90 Å². The van der Waals surface area contributed by atoms with E-state index >= 15 is 0 Å². The van der Waals surface area contributed by atoms with Crippen LogP contribution in [0.5, 0.6) is 0 Å². The van der Waals surface area contributed by atoms with E-state index in [1.165, 1.54) is 0 Å². The molecule has 3 aromatic rings. The first-order chi connectivity index (χ1) is 15.7. The van der Waals surface area contributed by atoms with Crippen molar-refractivity contribution in [1.82, 2.24) is 4.98 Å². The van der Waals surface area contributed by atoms with Gasteiger partial charge in [-0.25, -0.2) is 4.98 Å². The molecular weight excluding hydrogens is 430 g/mol. The third-order valence-corrected chi connectivity index (χ3v) is 6.63. The number of thiazole rings is 1. The SMILES string of the molecule is CC[C@@H](CC(=O)O)c1ccc(N(CC(C)C)CC(C)C)c(Nc2ccc3nc(C)sc3c2)c1. The molecule has 33 heavy (non-hydrogen) atoms. The summed E-state index contributed by atoms with van der Waals surface area (Å²) in [7, 11) is 0. The Morgan fingerprint density at radius 1 is 1.09 bits per heavy atom. The molecule has 0 amide bonds. The predicted molar refractivity (Wildman–Crippen MR) is 141 cm³/mol. The number of hydrogen-bond acceptors (Lipinski definition) is 5. The van der Waals surface area contributed by atoms with Crippen molar-refractivity contribution in [2.24, 2.45) is 11.8 Å². The van der Waals surface area contributed by atoms with Crippen LogP contribution in [0.4, 0.5) is 17.1 Å². The van der Waals surface area contributed by atoms with Crippen molar-refractivity contribution >= 4 is 44.6 Å². The summed E-state index contributed by atoms with van der Waals surface area (Å²) in [5, 5.41) is 14.1. The number of aryl methyl sites for hydroxylation is 1. The monoisotopic (exact) mass is 467 g/mol. The quantitative estimate of drug-likeness (QED) is 0.307. The Morgan fingerprint density at radius 2 is 1.79 bits per heavy atom. The van der Waals surface area contributed by atoms with Crippen molar-refractivity contribution in [2.45, 2.75) is 60.3 Å². The highest BCUT2D eigenvalue weighted by Gasteiger charge is 2.19. The number of benzene rings is 2. The second kappa shape index (κ2) is 11.0. The zero-order chi connectivity index (χ0) is 24.1. The molecule has 0 radical (unpaired) electrons. The molecule has 0 fully saturated rings. The first-order valence-electron chi connectivity index (χ1n) is 11.9. The predicted octanol–water partition coefficient (Wildman–Crippen LogP) is 7.44. The maximum atomic E-state index is 11.4. The Hall–Kier alpha value is -2.60. The van der Waals surface area contributed by atoms with Gasteiger partial charge in [-0.1, -0.05) is 40.7 Å². The van der Waals surface area contributed by atoms with Crippen LogP contribution < -0.4 is 10.2 Å². The second-order valence-corrected chi connectivity index (χ2v) is 10.9. The lowest BCUT2D eigenvalue weighted by atomic mass is 9.92. The largest absolute Gasteiger partial charge is 0.481 e. The molecule has 6 heteroatoms. The van der Waals surface area contributed by atoms with E-state index in [9.17, 15) is 9.90 Å². The van der Waals surface area contributed by atoms with Crippen molar-refractivity contribution in [2.75, 3.05) is 23.3 Å². The molecular formula is C27H37N3O2S. The van der Waals surface area contributed by atoms with Crippen molar-refractivity contribution in [3.05, 3.63) is 47.0 Å².